The number of nitrogens with one attached hydrogen (secondary N) is 5. The van der Waals surface area contributed by atoms with Crippen LogP contribution >= 0.6 is 31.9 Å². The van der Waals surface area contributed by atoms with Crippen molar-refractivity contribution in [2.75, 3.05) is 60.2 Å². The second-order valence-electron chi connectivity index (χ2n) is 16.6. The summed E-state index contributed by atoms with van der Waals surface area (Å²) in [5.74, 6) is 4.33. The molecule has 2 aliphatic heterocycles. The highest BCUT2D eigenvalue weighted by atomic mass is 79.9. The zero-order chi connectivity index (χ0) is 43.8. The molecule has 8 aromatic rings. The zero-order valence-electron chi connectivity index (χ0n) is 35.2. The fraction of sp³-hybridized carbons (Fsp3) is 0.390. The number of halogens is 2. The fourth-order valence-electron chi connectivity index (χ4n) is 7.93. The standard InChI is InChI=1S/C23H28BrN9O2.C18H20BrN9/c1-23(2,3)32(22(34)35)13-14-8-9-31(12-14)21-29-19-15(24)10-26-33(19)20(30-21)25-11-18-27-16-6-4-5-7-17(16)28-18;1-20-11-6-7-27(10-11)18-25-16-12(19)8-22-28(16)17(26-18)21-9-15-23-13-4-2-3-5-14(13)24-15/h4-7,10,14H,8-9,11-13H2,1-3H3,(H,27,28)(H,34,35)(H,25,29,30);2-5,8,11,20H,6-7,9-10H2,1H3,(H,23,24)(H,21,25,26)/t14-;11-/m11/s1. The molecule has 0 aliphatic carbocycles. The van der Waals surface area contributed by atoms with Crippen LogP contribution in [-0.2, 0) is 13.1 Å². The van der Waals surface area contributed by atoms with Gasteiger partial charge in [0.2, 0.25) is 23.8 Å². The molecule has 2 saturated heterocycles. The number of carboxylic acid groups (broad SMARTS) is 1. The van der Waals surface area contributed by atoms with Crippen LogP contribution in [0.3, 0.4) is 0 Å². The fourth-order valence-corrected chi connectivity index (χ4v) is 8.63. The third-order valence-corrected chi connectivity index (χ3v) is 12.4. The summed E-state index contributed by atoms with van der Waals surface area (Å²) in [6, 6.07) is 16.3. The van der Waals surface area contributed by atoms with Gasteiger partial charge in [-0.05, 0) is 103 Å². The Bertz CT molecular complexity index is 2840. The Hall–Kier alpha value is -6.13. The number of nitrogens with zero attached hydrogens (tertiary/aromatic N) is 13. The molecular weight excluding hydrogens is 936 g/mol. The molecule has 2 fully saturated rings. The Morgan fingerprint density at radius 1 is 0.762 bits per heavy atom. The van der Waals surface area contributed by atoms with E-state index in [4.69, 9.17) is 19.9 Å². The Labute approximate surface area is 378 Å². The van der Waals surface area contributed by atoms with Crippen LogP contribution in [0.1, 0.15) is 45.3 Å². The molecule has 0 saturated carbocycles. The third-order valence-electron chi connectivity index (χ3n) is 11.3. The number of H-pyrrole nitrogens is 2. The molecule has 10 rings (SSSR count). The lowest BCUT2D eigenvalue weighted by molar-refractivity contribution is 0.0908. The van der Waals surface area contributed by atoms with Gasteiger partial charge in [0.25, 0.3) is 0 Å². The first-order valence-electron chi connectivity index (χ1n) is 20.8. The summed E-state index contributed by atoms with van der Waals surface area (Å²) in [5, 5.41) is 28.5. The number of rotatable bonds is 11. The highest BCUT2D eigenvalue weighted by Crippen LogP contribution is 2.28. The molecular formula is C41H48Br2N18O2. The maximum absolute atomic E-state index is 11.8. The maximum Gasteiger partial charge on any atom is 0.407 e. The summed E-state index contributed by atoms with van der Waals surface area (Å²) in [7, 11) is 1.99. The lowest BCUT2D eigenvalue weighted by Crippen LogP contribution is -2.47. The first-order valence-corrected chi connectivity index (χ1v) is 22.3. The number of anilines is 4. The number of para-hydroxylation sites is 4. The molecule has 8 heterocycles. The zero-order valence-corrected chi connectivity index (χ0v) is 38.4. The van der Waals surface area contributed by atoms with Crippen molar-refractivity contribution in [1.82, 2.24) is 69.3 Å². The first kappa shape index (κ1) is 42.2. The summed E-state index contributed by atoms with van der Waals surface area (Å²) in [6.07, 6.45) is 4.49. The number of hydrogen-bond donors (Lipinski definition) is 6. The summed E-state index contributed by atoms with van der Waals surface area (Å²) < 4.78 is 4.98. The lowest BCUT2D eigenvalue weighted by atomic mass is 10.0. The van der Waals surface area contributed by atoms with Gasteiger partial charge in [0.15, 0.2) is 11.3 Å². The molecule has 0 unspecified atom stereocenters. The quantitative estimate of drug-likeness (QED) is 0.0854. The number of aromatic nitrogens is 12. The minimum absolute atomic E-state index is 0.200. The summed E-state index contributed by atoms with van der Waals surface area (Å²) in [6.45, 7) is 10.4. The number of likely N-dealkylation sites (N-methyl/N-ethyl adjacent to an activating group) is 1. The van der Waals surface area contributed by atoms with E-state index in [2.05, 4.69) is 87.7 Å². The molecule has 1 amide bonds. The van der Waals surface area contributed by atoms with Gasteiger partial charge < -0.3 is 45.7 Å². The number of carbonyl (C=O) groups is 1. The largest absolute Gasteiger partial charge is 0.465 e. The smallest absolute Gasteiger partial charge is 0.407 e. The molecule has 2 aliphatic rings. The normalized spacial score (nSPS) is 16.7. The summed E-state index contributed by atoms with van der Waals surface area (Å²) >= 11 is 7.07. The van der Waals surface area contributed by atoms with Crippen molar-refractivity contribution in [3.8, 4) is 0 Å². The molecule has 2 aromatic carbocycles. The number of benzene rings is 2. The lowest BCUT2D eigenvalue weighted by Gasteiger charge is -2.35. The van der Waals surface area contributed by atoms with Crippen LogP contribution in [0.4, 0.5) is 28.6 Å². The van der Waals surface area contributed by atoms with E-state index in [0.29, 0.717) is 61.7 Å². The van der Waals surface area contributed by atoms with Crippen molar-refractivity contribution >= 4 is 95.1 Å². The Kier molecular flexibility index (Phi) is 11.8. The van der Waals surface area contributed by atoms with Gasteiger partial charge in [0.1, 0.15) is 11.6 Å². The van der Waals surface area contributed by atoms with Gasteiger partial charge in [-0.2, -0.15) is 39.2 Å². The van der Waals surface area contributed by atoms with Gasteiger partial charge in [-0.25, -0.2) is 14.8 Å². The van der Waals surface area contributed by atoms with E-state index in [9.17, 15) is 9.90 Å². The van der Waals surface area contributed by atoms with Crippen molar-refractivity contribution in [3.63, 3.8) is 0 Å². The van der Waals surface area contributed by atoms with Crippen molar-refractivity contribution in [1.29, 1.82) is 0 Å². The predicted molar refractivity (Wildman–Crippen MR) is 248 cm³/mol. The van der Waals surface area contributed by atoms with Gasteiger partial charge in [0.05, 0.1) is 56.5 Å². The molecule has 6 aromatic heterocycles. The third kappa shape index (κ3) is 9.05. The molecule has 328 valence electrons. The van der Waals surface area contributed by atoms with E-state index < -0.39 is 11.6 Å². The summed E-state index contributed by atoms with van der Waals surface area (Å²) in [5.41, 5.74) is 4.80. The SMILES string of the molecule is CC(C)(C)N(C[C@@H]1CCN(c2nc(NCc3nc4ccccc4[nH]3)n3ncc(Br)c3n2)C1)C(=O)O.CN[C@@H]1CCN(c2nc(NCc3nc4ccccc4[nH]3)n3ncc(Br)c3n2)C1. The number of aromatic amines is 2. The van der Waals surface area contributed by atoms with Gasteiger partial charge in [-0.3, -0.25) is 0 Å². The number of hydrogen-bond acceptors (Lipinski definition) is 14. The van der Waals surface area contributed by atoms with Gasteiger partial charge in [0, 0.05) is 44.3 Å². The van der Waals surface area contributed by atoms with Gasteiger partial charge >= 0.3 is 6.09 Å². The molecule has 6 N–H and O–H groups in total. The van der Waals surface area contributed by atoms with E-state index >= 15 is 0 Å². The average molecular weight is 985 g/mol. The molecule has 20 nitrogen and oxygen atoms in total. The minimum atomic E-state index is -0.895. The molecule has 22 heteroatoms. The highest BCUT2D eigenvalue weighted by Gasteiger charge is 2.33. The van der Waals surface area contributed by atoms with Crippen LogP contribution < -0.4 is 25.8 Å². The monoisotopic (exact) mass is 982 g/mol. The number of amides is 1. The maximum atomic E-state index is 11.8. The molecule has 2 atom stereocenters. The van der Waals surface area contributed by atoms with E-state index in [1.54, 1.807) is 21.4 Å². The van der Waals surface area contributed by atoms with Crippen LogP contribution in [0, 0.1) is 5.92 Å². The molecule has 63 heavy (non-hydrogen) atoms. The van der Waals surface area contributed by atoms with Crippen LogP contribution in [0.25, 0.3) is 33.4 Å². The van der Waals surface area contributed by atoms with E-state index in [-0.39, 0.29) is 5.92 Å². The van der Waals surface area contributed by atoms with Crippen LogP contribution in [0.2, 0.25) is 0 Å². The van der Waals surface area contributed by atoms with Crippen LogP contribution in [-0.4, -0.2) is 127 Å². The predicted octanol–water partition coefficient (Wildman–Crippen LogP) is 6.15. The topological polar surface area (TPSA) is 227 Å². The van der Waals surface area contributed by atoms with Crippen LogP contribution in [0.15, 0.2) is 69.9 Å². The highest BCUT2D eigenvalue weighted by molar-refractivity contribution is 9.11. The number of fused-ring (bicyclic) bond motifs is 4. The second-order valence-corrected chi connectivity index (χ2v) is 18.4. The van der Waals surface area contributed by atoms with Crippen molar-refractivity contribution in [2.45, 2.75) is 58.3 Å². The van der Waals surface area contributed by atoms with E-state index in [1.165, 1.54) is 4.90 Å². The van der Waals surface area contributed by atoms with Crippen molar-refractivity contribution in [3.05, 3.63) is 81.5 Å². The Morgan fingerprint density at radius 3 is 1.75 bits per heavy atom. The Balaban J connectivity index is 0.000000164. The molecule has 0 bridgehead atoms. The average Bonchev–Trinajstić information content (AvgIpc) is 4.14. The van der Waals surface area contributed by atoms with Gasteiger partial charge in [-0.15, -0.1) is 0 Å². The van der Waals surface area contributed by atoms with Gasteiger partial charge in [-0.1, -0.05) is 24.3 Å². The van der Waals surface area contributed by atoms with E-state index in [1.807, 2.05) is 76.3 Å². The number of imidazole rings is 2. The van der Waals surface area contributed by atoms with E-state index in [0.717, 1.165) is 80.8 Å². The molecule has 0 spiro atoms. The first-order chi connectivity index (χ1) is 30.4. The molecule has 0 radical (unpaired) electrons. The van der Waals surface area contributed by atoms with Crippen molar-refractivity contribution in [2.24, 2.45) is 5.92 Å². The minimum Gasteiger partial charge on any atom is -0.465 e. The summed E-state index contributed by atoms with van der Waals surface area (Å²) in [4.78, 5) is 52.5. The van der Waals surface area contributed by atoms with Crippen LogP contribution in [0.5, 0.6) is 0 Å². The Morgan fingerprint density at radius 2 is 1.27 bits per heavy atom. The van der Waals surface area contributed by atoms with Crippen molar-refractivity contribution < 1.29 is 9.90 Å². The second kappa shape index (κ2) is 17.6.